The largest absolute Gasteiger partial charge is 0.325 e. The van der Waals surface area contributed by atoms with Gasteiger partial charge < -0.3 is 5.32 Å². The Morgan fingerprint density at radius 2 is 1.95 bits per heavy atom. The van der Waals surface area contributed by atoms with Gasteiger partial charge in [0.1, 0.15) is 11.1 Å². The Balaban J connectivity index is 1.87. The van der Waals surface area contributed by atoms with Crippen LogP contribution in [0.2, 0.25) is 0 Å². The fourth-order valence-corrected chi connectivity index (χ4v) is 3.81. The number of carbonyl (C=O) groups excluding carboxylic acids is 1. The van der Waals surface area contributed by atoms with Crippen molar-refractivity contribution in [3.05, 3.63) is 59.9 Å². The van der Waals surface area contributed by atoms with Crippen molar-refractivity contribution in [2.75, 3.05) is 5.32 Å². The summed E-state index contributed by atoms with van der Waals surface area (Å²) in [6, 6.07) is 13.2. The van der Waals surface area contributed by atoms with Crippen molar-refractivity contribution >= 4 is 22.4 Å². The molecule has 2 aromatic rings. The molecule has 3 nitrogen and oxygen atoms in total. The maximum Gasteiger partial charge on any atom is 0.240 e. The molecule has 108 valence electrons. The lowest BCUT2D eigenvalue weighted by Crippen LogP contribution is -2.30. The van der Waals surface area contributed by atoms with E-state index in [9.17, 15) is 13.4 Å². The van der Waals surface area contributed by atoms with Crippen molar-refractivity contribution in [3.8, 4) is 0 Å². The SMILES string of the molecule is O=C1Nc2ccccc2CCC1S(=O)c1cccc(F)c1. The third-order valence-electron chi connectivity index (χ3n) is 3.53. The molecule has 1 N–H and O–H groups in total. The Morgan fingerprint density at radius 1 is 1.14 bits per heavy atom. The number of fused-ring (bicyclic) bond motifs is 1. The summed E-state index contributed by atoms with van der Waals surface area (Å²) in [5, 5.41) is 2.14. The summed E-state index contributed by atoms with van der Waals surface area (Å²) in [7, 11) is -1.56. The number of benzene rings is 2. The molecule has 2 unspecified atom stereocenters. The maximum absolute atomic E-state index is 13.3. The second kappa shape index (κ2) is 5.77. The van der Waals surface area contributed by atoms with E-state index in [0.29, 0.717) is 17.7 Å². The standard InChI is InChI=1S/C16H14FNO2S/c17-12-5-3-6-13(10-12)21(20)15-9-8-11-4-1-2-7-14(11)18-16(15)19/h1-7,10,15H,8-9H2,(H,18,19). The minimum atomic E-state index is -1.56. The number of hydrogen-bond donors (Lipinski definition) is 1. The lowest BCUT2D eigenvalue weighted by molar-refractivity contribution is -0.115. The molecule has 3 rings (SSSR count). The van der Waals surface area contributed by atoms with Crippen LogP contribution in [0.3, 0.4) is 0 Å². The predicted octanol–water partition coefficient (Wildman–Crippen LogP) is 2.89. The van der Waals surface area contributed by atoms with Gasteiger partial charge in [0.2, 0.25) is 5.91 Å². The van der Waals surface area contributed by atoms with Crippen molar-refractivity contribution in [1.82, 2.24) is 0 Å². The molecular weight excluding hydrogens is 289 g/mol. The van der Waals surface area contributed by atoms with Crippen molar-refractivity contribution < 1.29 is 13.4 Å². The van der Waals surface area contributed by atoms with E-state index in [-0.39, 0.29) is 5.91 Å². The fraction of sp³-hybridized carbons (Fsp3) is 0.188. The van der Waals surface area contributed by atoms with Gasteiger partial charge in [-0.15, -0.1) is 0 Å². The second-order valence-electron chi connectivity index (χ2n) is 4.93. The molecule has 0 fully saturated rings. The summed E-state index contributed by atoms with van der Waals surface area (Å²) >= 11 is 0. The molecule has 0 bridgehead atoms. The normalized spacial score (nSPS) is 19.3. The molecule has 2 atom stereocenters. The predicted molar refractivity (Wildman–Crippen MR) is 80.0 cm³/mol. The molecule has 1 heterocycles. The van der Waals surface area contributed by atoms with Gasteiger partial charge in [0, 0.05) is 10.6 Å². The van der Waals surface area contributed by atoms with Gasteiger partial charge in [0.05, 0.1) is 10.8 Å². The fourth-order valence-electron chi connectivity index (χ4n) is 2.45. The van der Waals surface area contributed by atoms with Crippen LogP contribution >= 0.6 is 0 Å². The Kier molecular flexibility index (Phi) is 3.84. The van der Waals surface area contributed by atoms with Gasteiger partial charge in [-0.25, -0.2) is 4.39 Å². The molecule has 0 aliphatic carbocycles. The zero-order valence-corrected chi connectivity index (χ0v) is 12.0. The van der Waals surface area contributed by atoms with Gasteiger partial charge in [0.15, 0.2) is 0 Å². The second-order valence-corrected chi connectivity index (χ2v) is 6.56. The Hall–Kier alpha value is -2.01. The van der Waals surface area contributed by atoms with Crippen LogP contribution in [-0.2, 0) is 22.0 Å². The number of para-hydroxylation sites is 1. The van der Waals surface area contributed by atoms with E-state index in [1.54, 1.807) is 6.07 Å². The lowest BCUT2D eigenvalue weighted by Gasteiger charge is -2.13. The smallest absolute Gasteiger partial charge is 0.240 e. The van der Waals surface area contributed by atoms with E-state index < -0.39 is 21.9 Å². The topological polar surface area (TPSA) is 46.2 Å². The minimum Gasteiger partial charge on any atom is -0.325 e. The van der Waals surface area contributed by atoms with E-state index in [1.807, 2.05) is 24.3 Å². The van der Waals surface area contributed by atoms with Gasteiger partial charge in [-0.05, 0) is 42.7 Å². The first kappa shape index (κ1) is 13.9. The van der Waals surface area contributed by atoms with Crippen LogP contribution < -0.4 is 5.32 Å². The molecule has 1 aliphatic rings. The summed E-state index contributed by atoms with van der Waals surface area (Å²) in [6.07, 6.45) is 1.15. The summed E-state index contributed by atoms with van der Waals surface area (Å²) in [5.74, 6) is -0.722. The summed E-state index contributed by atoms with van der Waals surface area (Å²) in [6.45, 7) is 0. The van der Waals surface area contributed by atoms with Gasteiger partial charge in [0.25, 0.3) is 0 Å². The molecule has 0 aromatic heterocycles. The molecule has 0 radical (unpaired) electrons. The zero-order valence-electron chi connectivity index (χ0n) is 11.2. The molecule has 2 aromatic carbocycles. The first-order chi connectivity index (χ1) is 10.1. The summed E-state index contributed by atoms with van der Waals surface area (Å²) in [4.78, 5) is 12.6. The molecular formula is C16H14FNO2S. The van der Waals surface area contributed by atoms with Crippen LogP contribution in [-0.4, -0.2) is 15.4 Å². The van der Waals surface area contributed by atoms with Crippen LogP contribution in [0.5, 0.6) is 0 Å². The molecule has 0 saturated carbocycles. The number of halogens is 1. The first-order valence-electron chi connectivity index (χ1n) is 6.70. The highest BCUT2D eigenvalue weighted by Crippen LogP contribution is 2.25. The van der Waals surface area contributed by atoms with Gasteiger partial charge in [-0.3, -0.25) is 9.00 Å². The van der Waals surface area contributed by atoms with Crippen LogP contribution in [0.1, 0.15) is 12.0 Å². The highest BCUT2D eigenvalue weighted by atomic mass is 32.2. The van der Waals surface area contributed by atoms with E-state index in [2.05, 4.69) is 5.32 Å². The third-order valence-corrected chi connectivity index (χ3v) is 5.22. The number of amides is 1. The van der Waals surface area contributed by atoms with Crippen LogP contribution in [0, 0.1) is 5.82 Å². The number of carbonyl (C=O) groups is 1. The Bertz CT molecular complexity index is 717. The van der Waals surface area contributed by atoms with Crippen LogP contribution in [0.15, 0.2) is 53.4 Å². The summed E-state index contributed by atoms with van der Waals surface area (Å²) in [5.41, 5.74) is 1.80. The number of aryl methyl sites for hydroxylation is 1. The number of hydrogen-bond acceptors (Lipinski definition) is 2. The molecule has 1 aliphatic heterocycles. The number of nitrogens with one attached hydrogen (secondary N) is 1. The molecule has 21 heavy (non-hydrogen) atoms. The van der Waals surface area contributed by atoms with Crippen LogP contribution in [0.25, 0.3) is 0 Å². The number of anilines is 1. The highest BCUT2D eigenvalue weighted by molar-refractivity contribution is 7.86. The minimum absolute atomic E-state index is 0.275. The molecule has 0 spiro atoms. The Labute approximate surface area is 124 Å². The van der Waals surface area contributed by atoms with Gasteiger partial charge in [-0.2, -0.15) is 0 Å². The van der Waals surface area contributed by atoms with Gasteiger partial charge >= 0.3 is 0 Å². The Morgan fingerprint density at radius 3 is 2.76 bits per heavy atom. The molecule has 1 amide bonds. The van der Waals surface area contributed by atoms with E-state index >= 15 is 0 Å². The van der Waals surface area contributed by atoms with E-state index in [1.165, 1.54) is 18.2 Å². The molecule has 0 saturated heterocycles. The average molecular weight is 303 g/mol. The quantitative estimate of drug-likeness (QED) is 0.927. The monoisotopic (exact) mass is 303 g/mol. The van der Waals surface area contributed by atoms with Crippen molar-refractivity contribution in [1.29, 1.82) is 0 Å². The zero-order chi connectivity index (χ0) is 14.8. The molecule has 5 heteroatoms. The maximum atomic E-state index is 13.3. The van der Waals surface area contributed by atoms with Crippen LogP contribution in [0.4, 0.5) is 10.1 Å². The van der Waals surface area contributed by atoms with E-state index in [4.69, 9.17) is 0 Å². The van der Waals surface area contributed by atoms with Crippen molar-refractivity contribution in [3.63, 3.8) is 0 Å². The van der Waals surface area contributed by atoms with Crippen molar-refractivity contribution in [2.24, 2.45) is 0 Å². The highest BCUT2D eigenvalue weighted by Gasteiger charge is 2.29. The van der Waals surface area contributed by atoms with Crippen molar-refractivity contribution in [2.45, 2.75) is 23.0 Å². The van der Waals surface area contributed by atoms with E-state index in [0.717, 1.165) is 11.3 Å². The average Bonchev–Trinajstić information content (AvgIpc) is 2.65. The summed E-state index contributed by atoms with van der Waals surface area (Å²) < 4.78 is 25.8. The lowest BCUT2D eigenvalue weighted by atomic mass is 10.1. The first-order valence-corrected chi connectivity index (χ1v) is 7.91. The van der Waals surface area contributed by atoms with Gasteiger partial charge in [-0.1, -0.05) is 24.3 Å². The third kappa shape index (κ3) is 2.88. The number of rotatable bonds is 2.